The van der Waals surface area contributed by atoms with Gasteiger partial charge in [0.05, 0.1) is 13.7 Å². The van der Waals surface area contributed by atoms with Crippen LogP contribution in [0.25, 0.3) is 6.08 Å². The zero-order valence-corrected chi connectivity index (χ0v) is 11.1. The molecule has 4 heteroatoms. The summed E-state index contributed by atoms with van der Waals surface area (Å²) in [7, 11) is 1.61. The lowest BCUT2D eigenvalue weighted by Crippen LogP contribution is -2.30. The third kappa shape index (κ3) is 3.83. The van der Waals surface area contributed by atoms with E-state index in [1.54, 1.807) is 13.2 Å². The minimum Gasteiger partial charge on any atom is -0.497 e. The lowest BCUT2D eigenvalue weighted by molar-refractivity contribution is -0.116. The van der Waals surface area contributed by atoms with E-state index in [0.29, 0.717) is 6.54 Å². The maximum absolute atomic E-state index is 11.7. The third-order valence-corrected chi connectivity index (χ3v) is 3.45. The second-order valence-corrected chi connectivity index (χ2v) is 4.99. The normalized spacial score (nSPS) is 16.3. The Labute approximate surface area is 113 Å². The zero-order chi connectivity index (χ0) is 13.7. The van der Waals surface area contributed by atoms with Crippen LogP contribution in [-0.2, 0) is 4.79 Å². The van der Waals surface area contributed by atoms with Crippen molar-refractivity contribution in [3.05, 3.63) is 35.9 Å². The second-order valence-electron chi connectivity index (χ2n) is 4.99. The van der Waals surface area contributed by atoms with Crippen molar-refractivity contribution in [3.8, 4) is 5.75 Å². The highest BCUT2D eigenvalue weighted by atomic mass is 16.5. The van der Waals surface area contributed by atoms with E-state index in [2.05, 4.69) is 5.32 Å². The van der Waals surface area contributed by atoms with Crippen molar-refractivity contribution in [2.75, 3.05) is 20.3 Å². The molecule has 0 unspecified atom stereocenters. The van der Waals surface area contributed by atoms with Gasteiger partial charge in [0.1, 0.15) is 5.75 Å². The van der Waals surface area contributed by atoms with Gasteiger partial charge in [0, 0.05) is 18.0 Å². The molecule has 1 aliphatic carbocycles. The Morgan fingerprint density at radius 2 is 2.32 bits per heavy atom. The number of rotatable bonds is 6. The molecular weight excluding hydrogens is 242 g/mol. The monoisotopic (exact) mass is 261 g/mol. The van der Waals surface area contributed by atoms with Crippen molar-refractivity contribution < 1.29 is 14.6 Å². The van der Waals surface area contributed by atoms with Crippen LogP contribution in [0.4, 0.5) is 0 Å². The van der Waals surface area contributed by atoms with Gasteiger partial charge in [0.2, 0.25) is 5.91 Å². The summed E-state index contributed by atoms with van der Waals surface area (Å²) in [4.78, 5) is 11.7. The molecule has 2 rings (SSSR count). The summed E-state index contributed by atoms with van der Waals surface area (Å²) < 4.78 is 5.11. The van der Waals surface area contributed by atoms with E-state index in [1.165, 1.54) is 6.08 Å². The Morgan fingerprint density at radius 1 is 1.53 bits per heavy atom. The van der Waals surface area contributed by atoms with Crippen molar-refractivity contribution in [2.45, 2.75) is 12.8 Å². The van der Waals surface area contributed by atoms with Crippen LogP contribution < -0.4 is 10.1 Å². The van der Waals surface area contributed by atoms with Crippen LogP contribution in [0.3, 0.4) is 0 Å². The molecule has 0 aliphatic heterocycles. The molecule has 1 aliphatic rings. The molecule has 1 saturated carbocycles. The van der Waals surface area contributed by atoms with E-state index in [0.717, 1.165) is 24.2 Å². The highest BCUT2D eigenvalue weighted by Gasteiger charge is 2.41. The number of carbonyl (C=O) groups is 1. The quantitative estimate of drug-likeness (QED) is 0.765. The molecule has 0 saturated heterocycles. The summed E-state index contributed by atoms with van der Waals surface area (Å²) in [5.41, 5.74) is 0.859. The van der Waals surface area contributed by atoms with E-state index >= 15 is 0 Å². The van der Waals surface area contributed by atoms with Gasteiger partial charge in [-0.2, -0.15) is 0 Å². The number of carbonyl (C=O) groups excluding carboxylic acids is 1. The van der Waals surface area contributed by atoms with Gasteiger partial charge in [-0.25, -0.2) is 0 Å². The first kappa shape index (κ1) is 13.6. The van der Waals surface area contributed by atoms with Gasteiger partial charge < -0.3 is 15.2 Å². The topological polar surface area (TPSA) is 58.6 Å². The van der Waals surface area contributed by atoms with Crippen LogP contribution in [0.2, 0.25) is 0 Å². The maximum atomic E-state index is 11.7. The SMILES string of the molecule is COc1cccc(/C=C/C(=O)NCC2(CO)CC2)c1. The minimum atomic E-state index is -0.137. The lowest BCUT2D eigenvalue weighted by atomic mass is 10.1. The predicted molar refractivity (Wildman–Crippen MR) is 73.8 cm³/mol. The first-order valence-electron chi connectivity index (χ1n) is 6.38. The Balaban J connectivity index is 1.85. The van der Waals surface area contributed by atoms with E-state index in [1.807, 2.05) is 24.3 Å². The second kappa shape index (κ2) is 5.89. The first-order valence-corrected chi connectivity index (χ1v) is 6.38. The number of nitrogens with one attached hydrogen (secondary N) is 1. The van der Waals surface area contributed by atoms with E-state index < -0.39 is 0 Å². The van der Waals surface area contributed by atoms with E-state index in [-0.39, 0.29) is 17.9 Å². The molecule has 0 bridgehead atoms. The predicted octanol–water partition coefficient (Wildman–Crippen LogP) is 1.60. The molecule has 0 aromatic heterocycles. The van der Waals surface area contributed by atoms with Gasteiger partial charge in [-0.3, -0.25) is 4.79 Å². The van der Waals surface area contributed by atoms with Gasteiger partial charge in [0.15, 0.2) is 0 Å². The highest BCUT2D eigenvalue weighted by Crippen LogP contribution is 2.44. The summed E-state index contributed by atoms with van der Waals surface area (Å²) in [5, 5.41) is 12.0. The number of amides is 1. The molecule has 2 N–H and O–H groups in total. The molecular formula is C15H19NO3. The number of hydrogen-bond donors (Lipinski definition) is 2. The number of benzene rings is 1. The summed E-state index contributed by atoms with van der Waals surface area (Å²) in [6.07, 6.45) is 5.23. The van der Waals surface area contributed by atoms with Gasteiger partial charge in [-0.1, -0.05) is 12.1 Å². The molecule has 1 aromatic rings. The first-order chi connectivity index (χ1) is 9.17. The van der Waals surface area contributed by atoms with Crippen molar-refractivity contribution in [2.24, 2.45) is 5.41 Å². The van der Waals surface area contributed by atoms with Crippen LogP contribution in [0, 0.1) is 5.41 Å². The number of hydrogen-bond acceptors (Lipinski definition) is 3. The van der Waals surface area contributed by atoms with Crippen LogP contribution >= 0.6 is 0 Å². The zero-order valence-electron chi connectivity index (χ0n) is 11.1. The molecule has 0 radical (unpaired) electrons. The van der Waals surface area contributed by atoms with Gasteiger partial charge in [0.25, 0.3) is 0 Å². The molecule has 4 nitrogen and oxygen atoms in total. The number of ether oxygens (including phenoxy) is 1. The average molecular weight is 261 g/mol. The average Bonchev–Trinajstić information content (AvgIpc) is 3.24. The number of aliphatic hydroxyl groups is 1. The Hall–Kier alpha value is -1.81. The molecule has 102 valence electrons. The van der Waals surface area contributed by atoms with Crippen molar-refractivity contribution >= 4 is 12.0 Å². The number of aliphatic hydroxyl groups excluding tert-OH is 1. The molecule has 0 spiro atoms. The summed E-state index contributed by atoms with van der Waals surface area (Å²) in [5.74, 6) is 0.627. The third-order valence-electron chi connectivity index (χ3n) is 3.45. The fourth-order valence-electron chi connectivity index (χ4n) is 1.82. The van der Waals surface area contributed by atoms with Gasteiger partial charge >= 0.3 is 0 Å². The van der Waals surface area contributed by atoms with Crippen LogP contribution in [-0.4, -0.2) is 31.3 Å². The minimum absolute atomic E-state index is 0.0561. The van der Waals surface area contributed by atoms with E-state index in [9.17, 15) is 4.79 Å². The van der Waals surface area contributed by atoms with Gasteiger partial charge in [-0.05, 0) is 36.6 Å². The fourth-order valence-corrected chi connectivity index (χ4v) is 1.82. The summed E-state index contributed by atoms with van der Waals surface area (Å²) in [6.45, 7) is 0.692. The van der Waals surface area contributed by atoms with Crippen molar-refractivity contribution in [3.63, 3.8) is 0 Å². The standard InChI is InChI=1S/C15H19NO3/c1-19-13-4-2-3-12(9-13)5-6-14(18)16-10-15(11-17)7-8-15/h2-6,9,17H,7-8,10-11H2,1H3,(H,16,18)/b6-5+. The lowest BCUT2D eigenvalue weighted by Gasteiger charge is -2.11. The van der Waals surface area contributed by atoms with Crippen LogP contribution in [0.5, 0.6) is 5.75 Å². The van der Waals surface area contributed by atoms with Crippen LogP contribution in [0.15, 0.2) is 30.3 Å². The van der Waals surface area contributed by atoms with Crippen LogP contribution in [0.1, 0.15) is 18.4 Å². The molecule has 1 fully saturated rings. The molecule has 1 amide bonds. The smallest absolute Gasteiger partial charge is 0.244 e. The fraction of sp³-hybridized carbons (Fsp3) is 0.400. The van der Waals surface area contributed by atoms with Gasteiger partial charge in [-0.15, -0.1) is 0 Å². The van der Waals surface area contributed by atoms with Crippen molar-refractivity contribution in [1.29, 1.82) is 0 Å². The largest absolute Gasteiger partial charge is 0.497 e. The van der Waals surface area contributed by atoms with E-state index in [4.69, 9.17) is 9.84 Å². The Kier molecular flexibility index (Phi) is 4.22. The molecule has 1 aromatic carbocycles. The Bertz CT molecular complexity index is 478. The molecule has 0 heterocycles. The summed E-state index contributed by atoms with van der Waals surface area (Å²) in [6, 6.07) is 7.50. The number of methoxy groups -OCH3 is 1. The molecule has 19 heavy (non-hydrogen) atoms. The van der Waals surface area contributed by atoms with Crippen molar-refractivity contribution in [1.82, 2.24) is 5.32 Å². The Morgan fingerprint density at radius 3 is 2.95 bits per heavy atom. The maximum Gasteiger partial charge on any atom is 0.244 e. The molecule has 0 atom stereocenters. The summed E-state index contributed by atoms with van der Waals surface area (Å²) >= 11 is 0. The highest BCUT2D eigenvalue weighted by molar-refractivity contribution is 5.91.